The standard InChI is InChI=1S/C15H32N4/c1-14(2)12-19-10-8-18(9-11-19)7-4-15(3)13-16-5-6-17-15/h14,16-17H,4-13H2,1-3H3. The van der Waals surface area contributed by atoms with Gasteiger partial charge in [0.05, 0.1) is 0 Å². The summed E-state index contributed by atoms with van der Waals surface area (Å²) >= 11 is 0. The third-order valence-electron chi connectivity index (χ3n) is 4.44. The molecule has 0 radical (unpaired) electrons. The molecule has 2 N–H and O–H groups in total. The van der Waals surface area contributed by atoms with Gasteiger partial charge in [-0.1, -0.05) is 13.8 Å². The Morgan fingerprint density at radius 2 is 1.74 bits per heavy atom. The lowest BCUT2D eigenvalue weighted by Crippen LogP contribution is -2.58. The maximum atomic E-state index is 3.67. The van der Waals surface area contributed by atoms with Crippen molar-refractivity contribution in [2.75, 3.05) is 58.9 Å². The van der Waals surface area contributed by atoms with E-state index in [-0.39, 0.29) is 0 Å². The van der Waals surface area contributed by atoms with E-state index in [9.17, 15) is 0 Å². The summed E-state index contributed by atoms with van der Waals surface area (Å²) in [5.74, 6) is 0.794. The fraction of sp³-hybridized carbons (Fsp3) is 1.00. The zero-order valence-electron chi connectivity index (χ0n) is 13.0. The van der Waals surface area contributed by atoms with Crippen molar-refractivity contribution in [2.24, 2.45) is 5.92 Å². The van der Waals surface area contributed by atoms with Crippen LogP contribution in [0.15, 0.2) is 0 Å². The number of hydrogen-bond donors (Lipinski definition) is 2. The monoisotopic (exact) mass is 268 g/mol. The average Bonchev–Trinajstić information content (AvgIpc) is 2.38. The van der Waals surface area contributed by atoms with Gasteiger partial charge in [-0.2, -0.15) is 0 Å². The summed E-state index contributed by atoms with van der Waals surface area (Å²) in [6.45, 7) is 17.8. The van der Waals surface area contributed by atoms with Gasteiger partial charge in [0.15, 0.2) is 0 Å². The predicted molar refractivity (Wildman–Crippen MR) is 81.6 cm³/mol. The van der Waals surface area contributed by atoms with E-state index in [0.29, 0.717) is 5.54 Å². The Morgan fingerprint density at radius 1 is 1.05 bits per heavy atom. The van der Waals surface area contributed by atoms with E-state index >= 15 is 0 Å². The Morgan fingerprint density at radius 3 is 2.32 bits per heavy atom. The molecule has 2 aliphatic heterocycles. The fourth-order valence-electron chi connectivity index (χ4n) is 3.17. The van der Waals surface area contributed by atoms with Crippen LogP contribution >= 0.6 is 0 Å². The number of hydrogen-bond acceptors (Lipinski definition) is 4. The third-order valence-corrected chi connectivity index (χ3v) is 4.44. The first-order valence-electron chi connectivity index (χ1n) is 7.98. The minimum absolute atomic E-state index is 0.299. The molecule has 0 aromatic carbocycles. The lowest BCUT2D eigenvalue weighted by molar-refractivity contribution is 0.111. The van der Waals surface area contributed by atoms with Gasteiger partial charge in [-0.05, 0) is 19.3 Å². The second-order valence-corrected chi connectivity index (χ2v) is 6.95. The van der Waals surface area contributed by atoms with Crippen molar-refractivity contribution >= 4 is 0 Å². The molecule has 0 amide bonds. The molecule has 0 aromatic rings. The Labute approximate surface area is 118 Å². The molecular weight excluding hydrogens is 236 g/mol. The summed E-state index contributed by atoms with van der Waals surface area (Å²) in [5, 5.41) is 7.17. The van der Waals surface area contributed by atoms with Crippen LogP contribution in [0, 0.1) is 5.92 Å². The molecule has 0 aromatic heterocycles. The highest BCUT2D eigenvalue weighted by Gasteiger charge is 2.27. The molecule has 19 heavy (non-hydrogen) atoms. The van der Waals surface area contributed by atoms with Crippen molar-refractivity contribution in [3.05, 3.63) is 0 Å². The first kappa shape index (κ1) is 15.2. The van der Waals surface area contributed by atoms with E-state index in [1.807, 2.05) is 0 Å². The van der Waals surface area contributed by atoms with Crippen LogP contribution in [0.1, 0.15) is 27.2 Å². The van der Waals surface area contributed by atoms with Crippen LogP contribution in [0.25, 0.3) is 0 Å². The summed E-state index contributed by atoms with van der Waals surface area (Å²) in [6.07, 6.45) is 1.25. The molecule has 4 heteroatoms. The second-order valence-electron chi connectivity index (χ2n) is 6.95. The zero-order chi connectivity index (χ0) is 13.7. The summed E-state index contributed by atoms with van der Waals surface area (Å²) in [5.41, 5.74) is 0.299. The van der Waals surface area contributed by atoms with Crippen molar-refractivity contribution in [3.8, 4) is 0 Å². The Hall–Kier alpha value is -0.160. The topological polar surface area (TPSA) is 30.5 Å². The highest BCUT2D eigenvalue weighted by atomic mass is 15.3. The van der Waals surface area contributed by atoms with Crippen molar-refractivity contribution in [1.29, 1.82) is 0 Å². The van der Waals surface area contributed by atoms with Crippen molar-refractivity contribution in [1.82, 2.24) is 20.4 Å². The smallest absolute Gasteiger partial charge is 0.0290 e. The van der Waals surface area contributed by atoms with Crippen molar-refractivity contribution in [2.45, 2.75) is 32.7 Å². The molecule has 2 fully saturated rings. The van der Waals surface area contributed by atoms with Gasteiger partial charge < -0.3 is 20.4 Å². The van der Waals surface area contributed by atoms with E-state index in [0.717, 1.165) is 25.6 Å². The van der Waals surface area contributed by atoms with Gasteiger partial charge in [0.25, 0.3) is 0 Å². The summed E-state index contributed by atoms with van der Waals surface area (Å²) in [6, 6.07) is 0. The van der Waals surface area contributed by atoms with Gasteiger partial charge in [0.1, 0.15) is 0 Å². The normalized spacial score (nSPS) is 30.9. The van der Waals surface area contributed by atoms with Crippen LogP contribution in [0.4, 0.5) is 0 Å². The molecule has 0 bridgehead atoms. The quantitative estimate of drug-likeness (QED) is 0.764. The van der Waals surface area contributed by atoms with Crippen LogP contribution in [0.3, 0.4) is 0 Å². The zero-order valence-corrected chi connectivity index (χ0v) is 13.0. The van der Waals surface area contributed by atoms with Crippen LogP contribution in [-0.2, 0) is 0 Å². The molecule has 1 atom stereocenters. The van der Waals surface area contributed by atoms with Crippen LogP contribution in [0.5, 0.6) is 0 Å². The van der Waals surface area contributed by atoms with Gasteiger partial charge >= 0.3 is 0 Å². The molecule has 2 aliphatic rings. The average molecular weight is 268 g/mol. The van der Waals surface area contributed by atoms with E-state index < -0.39 is 0 Å². The Kier molecular flexibility index (Phi) is 5.63. The van der Waals surface area contributed by atoms with E-state index in [4.69, 9.17) is 0 Å². The second kappa shape index (κ2) is 7.02. The van der Waals surface area contributed by atoms with Crippen LogP contribution < -0.4 is 10.6 Å². The number of nitrogens with one attached hydrogen (secondary N) is 2. The highest BCUT2D eigenvalue weighted by molar-refractivity contribution is 4.90. The van der Waals surface area contributed by atoms with Gasteiger partial charge in [-0.25, -0.2) is 0 Å². The van der Waals surface area contributed by atoms with Crippen LogP contribution in [-0.4, -0.2) is 74.2 Å². The lowest BCUT2D eigenvalue weighted by atomic mass is 9.95. The molecule has 112 valence electrons. The summed E-state index contributed by atoms with van der Waals surface area (Å²) in [7, 11) is 0. The minimum atomic E-state index is 0.299. The van der Waals surface area contributed by atoms with Gasteiger partial charge in [0, 0.05) is 64.4 Å². The Bertz CT molecular complexity index is 253. The molecule has 1 unspecified atom stereocenters. The number of piperazine rings is 2. The lowest BCUT2D eigenvalue weighted by Gasteiger charge is -2.40. The molecular formula is C15H32N4. The molecule has 2 saturated heterocycles. The molecule has 0 aliphatic carbocycles. The van der Waals surface area contributed by atoms with Crippen molar-refractivity contribution in [3.63, 3.8) is 0 Å². The van der Waals surface area contributed by atoms with E-state index in [2.05, 4.69) is 41.2 Å². The summed E-state index contributed by atoms with van der Waals surface area (Å²) in [4.78, 5) is 5.25. The van der Waals surface area contributed by atoms with E-state index in [1.165, 1.54) is 45.7 Å². The molecule has 2 heterocycles. The fourth-order valence-corrected chi connectivity index (χ4v) is 3.17. The maximum Gasteiger partial charge on any atom is 0.0290 e. The van der Waals surface area contributed by atoms with Gasteiger partial charge in [-0.15, -0.1) is 0 Å². The first-order valence-corrected chi connectivity index (χ1v) is 7.98. The summed E-state index contributed by atoms with van der Waals surface area (Å²) < 4.78 is 0. The molecule has 2 rings (SSSR count). The van der Waals surface area contributed by atoms with Gasteiger partial charge in [-0.3, -0.25) is 0 Å². The van der Waals surface area contributed by atoms with Crippen LogP contribution in [0.2, 0.25) is 0 Å². The molecule has 0 saturated carbocycles. The number of rotatable bonds is 5. The minimum Gasteiger partial charge on any atom is -0.314 e. The Balaban J connectivity index is 1.65. The van der Waals surface area contributed by atoms with Gasteiger partial charge in [0.2, 0.25) is 0 Å². The molecule has 0 spiro atoms. The van der Waals surface area contributed by atoms with Crippen molar-refractivity contribution < 1.29 is 0 Å². The predicted octanol–water partition coefficient (Wildman–Crippen LogP) is 0.602. The molecule has 4 nitrogen and oxygen atoms in total. The third kappa shape index (κ3) is 5.03. The number of nitrogens with zero attached hydrogens (tertiary/aromatic N) is 2. The SMILES string of the molecule is CC(C)CN1CCN(CCC2(C)CNCCN2)CC1. The van der Waals surface area contributed by atoms with E-state index in [1.54, 1.807) is 0 Å². The first-order chi connectivity index (χ1) is 9.07. The highest BCUT2D eigenvalue weighted by Crippen LogP contribution is 2.13. The maximum absolute atomic E-state index is 3.67. The largest absolute Gasteiger partial charge is 0.314 e.